The molecule has 0 radical (unpaired) electrons. The number of nitrogens with zero attached hydrogens (tertiary/aromatic N) is 1. The van der Waals surface area contributed by atoms with Crippen LogP contribution in [-0.2, 0) is 13.0 Å². The molecule has 2 nitrogen and oxygen atoms in total. The molecule has 0 saturated heterocycles. The third kappa shape index (κ3) is 3.40. The van der Waals surface area contributed by atoms with Crippen molar-refractivity contribution in [3.63, 3.8) is 0 Å². The van der Waals surface area contributed by atoms with E-state index in [1.807, 2.05) is 18.2 Å². The summed E-state index contributed by atoms with van der Waals surface area (Å²) in [6, 6.07) is 12.7. The van der Waals surface area contributed by atoms with Gasteiger partial charge >= 0.3 is 0 Å². The highest BCUT2D eigenvalue weighted by molar-refractivity contribution is 6.30. The molecule has 136 valence electrons. The van der Waals surface area contributed by atoms with Crippen LogP contribution in [0, 0.1) is 19.3 Å². The van der Waals surface area contributed by atoms with Gasteiger partial charge in [-0.2, -0.15) is 0 Å². The molecular formula is C23H27ClN2. The molecule has 4 rings (SSSR count). The molecule has 2 aromatic carbocycles. The smallest absolute Gasteiger partial charge is 0.108 e. The van der Waals surface area contributed by atoms with Crippen molar-refractivity contribution in [1.29, 1.82) is 0 Å². The third-order valence-electron chi connectivity index (χ3n) is 6.12. The number of nitrogens with one attached hydrogen (secondary N) is 1. The number of hydrogen-bond donors (Lipinski definition) is 1. The lowest BCUT2D eigenvalue weighted by atomic mass is 9.67. The maximum Gasteiger partial charge on any atom is 0.108 e. The first-order chi connectivity index (χ1) is 12.6. The van der Waals surface area contributed by atoms with Crippen LogP contribution in [-0.4, -0.2) is 5.84 Å². The summed E-state index contributed by atoms with van der Waals surface area (Å²) in [5.41, 5.74) is 6.78. The Kier molecular flexibility index (Phi) is 4.79. The van der Waals surface area contributed by atoms with E-state index in [-0.39, 0.29) is 5.41 Å². The molecule has 1 aliphatic heterocycles. The fourth-order valence-corrected chi connectivity index (χ4v) is 4.71. The molecule has 1 heterocycles. The summed E-state index contributed by atoms with van der Waals surface area (Å²) in [4.78, 5) is 5.07. The maximum atomic E-state index is 6.14. The maximum absolute atomic E-state index is 6.14. The third-order valence-corrected chi connectivity index (χ3v) is 6.36. The molecule has 0 amide bonds. The molecule has 1 fully saturated rings. The Morgan fingerprint density at radius 1 is 1.04 bits per heavy atom. The second-order valence-corrected chi connectivity index (χ2v) is 8.47. The fourth-order valence-electron chi connectivity index (χ4n) is 4.50. The lowest BCUT2D eigenvalue weighted by Gasteiger charge is -2.43. The van der Waals surface area contributed by atoms with Crippen LogP contribution in [0.2, 0.25) is 5.02 Å². The summed E-state index contributed by atoms with van der Waals surface area (Å²) in [6.07, 6.45) is 7.55. The van der Waals surface area contributed by atoms with Gasteiger partial charge in [-0.25, -0.2) is 0 Å². The second kappa shape index (κ2) is 7.08. The van der Waals surface area contributed by atoms with E-state index in [9.17, 15) is 0 Å². The van der Waals surface area contributed by atoms with Crippen molar-refractivity contribution >= 4 is 23.1 Å². The lowest BCUT2D eigenvalue weighted by Crippen LogP contribution is -2.43. The summed E-state index contributed by atoms with van der Waals surface area (Å²) in [5.74, 6) is 1.19. The zero-order valence-corrected chi connectivity index (χ0v) is 16.5. The number of fused-ring (bicyclic) bond motifs is 1. The van der Waals surface area contributed by atoms with Gasteiger partial charge in [-0.05, 0) is 73.6 Å². The molecule has 1 saturated carbocycles. The van der Waals surface area contributed by atoms with E-state index in [1.54, 1.807) is 0 Å². The van der Waals surface area contributed by atoms with Gasteiger partial charge in [-0.3, -0.25) is 4.99 Å². The Morgan fingerprint density at radius 2 is 1.81 bits per heavy atom. The van der Waals surface area contributed by atoms with E-state index < -0.39 is 0 Å². The van der Waals surface area contributed by atoms with Gasteiger partial charge in [0.2, 0.25) is 0 Å². The van der Waals surface area contributed by atoms with E-state index >= 15 is 0 Å². The average Bonchev–Trinajstić information content (AvgIpc) is 2.62. The molecule has 0 atom stereocenters. The van der Waals surface area contributed by atoms with Crippen molar-refractivity contribution in [3.8, 4) is 0 Å². The number of aliphatic imine (C=N–C) groups is 1. The first-order valence-corrected chi connectivity index (χ1v) is 10.1. The first kappa shape index (κ1) is 17.6. The minimum absolute atomic E-state index is 0.186. The quantitative estimate of drug-likeness (QED) is 0.646. The Bertz CT molecular complexity index is 847. The molecule has 2 aliphatic rings. The number of rotatable bonds is 2. The van der Waals surface area contributed by atoms with E-state index in [2.05, 4.69) is 37.4 Å². The lowest BCUT2D eigenvalue weighted by molar-refractivity contribution is 0.278. The number of amidine groups is 1. The van der Waals surface area contributed by atoms with Crippen LogP contribution in [0.4, 0.5) is 5.69 Å². The summed E-state index contributed by atoms with van der Waals surface area (Å²) in [7, 11) is 0. The van der Waals surface area contributed by atoms with Crippen LogP contribution < -0.4 is 5.32 Å². The van der Waals surface area contributed by atoms with Crippen molar-refractivity contribution in [3.05, 3.63) is 63.7 Å². The number of anilines is 1. The molecule has 26 heavy (non-hydrogen) atoms. The van der Waals surface area contributed by atoms with Crippen molar-refractivity contribution in [2.75, 3.05) is 5.32 Å². The van der Waals surface area contributed by atoms with Crippen molar-refractivity contribution in [2.24, 2.45) is 10.4 Å². The summed E-state index contributed by atoms with van der Waals surface area (Å²) >= 11 is 6.14. The average molecular weight is 367 g/mol. The van der Waals surface area contributed by atoms with Gasteiger partial charge in [0, 0.05) is 16.1 Å². The van der Waals surface area contributed by atoms with E-state index in [0.29, 0.717) is 6.54 Å². The second-order valence-electron chi connectivity index (χ2n) is 8.03. The predicted molar refractivity (Wildman–Crippen MR) is 111 cm³/mol. The summed E-state index contributed by atoms with van der Waals surface area (Å²) < 4.78 is 0. The van der Waals surface area contributed by atoms with Gasteiger partial charge in [0.25, 0.3) is 0 Å². The van der Waals surface area contributed by atoms with Gasteiger partial charge in [0.05, 0.1) is 6.54 Å². The molecule has 0 bridgehead atoms. The topological polar surface area (TPSA) is 24.4 Å². The SMILES string of the molecule is Cc1cc2c(cc1C)NC(=NCc1cccc(Cl)c1)C1(CCCCC1)C2. The highest BCUT2D eigenvalue weighted by Gasteiger charge is 2.41. The standard InChI is InChI=1S/C23H27ClN2/c1-16-11-19-14-23(9-4-3-5-10-23)22(26-21(19)12-17(16)2)25-15-18-7-6-8-20(24)13-18/h6-8,11-13H,3-5,9-10,14-15H2,1-2H3,(H,25,26). The zero-order valence-electron chi connectivity index (χ0n) is 15.7. The Balaban J connectivity index is 1.70. The molecule has 0 aromatic heterocycles. The molecule has 1 aliphatic carbocycles. The van der Waals surface area contributed by atoms with Crippen LogP contribution in [0.5, 0.6) is 0 Å². The molecular weight excluding hydrogens is 340 g/mol. The predicted octanol–water partition coefficient (Wildman–Crippen LogP) is 6.47. The Morgan fingerprint density at radius 3 is 2.58 bits per heavy atom. The Hall–Kier alpha value is -1.80. The van der Waals surface area contributed by atoms with E-state index in [0.717, 1.165) is 11.4 Å². The number of halogens is 1. The van der Waals surface area contributed by atoms with Crippen molar-refractivity contribution < 1.29 is 0 Å². The molecule has 2 aromatic rings. The van der Waals surface area contributed by atoms with Gasteiger partial charge < -0.3 is 5.32 Å². The number of benzene rings is 2. The molecule has 1 N–H and O–H groups in total. The normalized spacial score (nSPS) is 20.0. The van der Waals surface area contributed by atoms with Gasteiger partial charge in [-0.1, -0.05) is 49.1 Å². The minimum atomic E-state index is 0.186. The highest BCUT2D eigenvalue weighted by atomic mass is 35.5. The molecule has 3 heteroatoms. The largest absolute Gasteiger partial charge is 0.343 e. The highest BCUT2D eigenvalue weighted by Crippen LogP contribution is 2.45. The van der Waals surface area contributed by atoms with Crippen LogP contribution in [0.15, 0.2) is 41.4 Å². The zero-order chi connectivity index (χ0) is 18.1. The summed E-state index contributed by atoms with van der Waals surface area (Å²) in [6.45, 7) is 5.09. The van der Waals surface area contributed by atoms with Gasteiger partial charge in [0.1, 0.15) is 5.84 Å². The van der Waals surface area contributed by atoms with Crippen LogP contribution in [0.1, 0.15) is 54.4 Å². The minimum Gasteiger partial charge on any atom is -0.343 e. The number of hydrogen-bond acceptors (Lipinski definition) is 1. The van der Waals surface area contributed by atoms with E-state index in [4.69, 9.17) is 16.6 Å². The summed E-state index contributed by atoms with van der Waals surface area (Å²) in [5, 5.41) is 4.51. The first-order valence-electron chi connectivity index (χ1n) is 9.72. The van der Waals surface area contributed by atoms with Crippen LogP contribution in [0.3, 0.4) is 0 Å². The molecule has 0 unspecified atom stereocenters. The van der Waals surface area contributed by atoms with E-state index in [1.165, 1.54) is 65.9 Å². The van der Waals surface area contributed by atoms with Gasteiger partial charge in [0.15, 0.2) is 0 Å². The Labute approximate surface area is 161 Å². The molecule has 1 spiro atoms. The van der Waals surface area contributed by atoms with Gasteiger partial charge in [-0.15, -0.1) is 0 Å². The van der Waals surface area contributed by atoms with Crippen LogP contribution in [0.25, 0.3) is 0 Å². The van der Waals surface area contributed by atoms with Crippen LogP contribution >= 0.6 is 11.6 Å². The fraction of sp³-hybridized carbons (Fsp3) is 0.435. The van der Waals surface area contributed by atoms with Crippen molar-refractivity contribution in [1.82, 2.24) is 0 Å². The van der Waals surface area contributed by atoms with Crippen molar-refractivity contribution in [2.45, 2.75) is 58.9 Å². The number of aryl methyl sites for hydroxylation is 2. The monoisotopic (exact) mass is 366 g/mol.